The summed E-state index contributed by atoms with van der Waals surface area (Å²) in [5.41, 5.74) is 7.07. The highest BCUT2D eigenvalue weighted by atomic mass is 16.3. The standard InChI is InChI=1S/C10H11N3O2/c1-13(2)8-4-3-6-10(12-8)9(11)7(5-14)15-6/h3-5H,11H2,1-2H3. The van der Waals surface area contributed by atoms with Gasteiger partial charge in [0.1, 0.15) is 17.0 Å². The molecule has 5 nitrogen and oxygen atoms in total. The molecule has 0 atom stereocenters. The molecular weight excluding hydrogens is 194 g/mol. The molecule has 0 aromatic carbocycles. The molecule has 2 aromatic rings. The highest BCUT2D eigenvalue weighted by Gasteiger charge is 2.12. The van der Waals surface area contributed by atoms with Gasteiger partial charge >= 0.3 is 0 Å². The van der Waals surface area contributed by atoms with Gasteiger partial charge < -0.3 is 15.1 Å². The minimum Gasteiger partial charge on any atom is -0.449 e. The van der Waals surface area contributed by atoms with Crippen LogP contribution in [0.4, 0.5) is 11.5 Å². The molecule has 0 amide bonds. The first-order chi connectivity index (χ1) is 7.13. The Morgan fingerprint density at radius 1 is 1.47 bits per heavy atom. The third-order valence-electron chi connectivity index (χ3n) is 2.15. The summed E-state index contributed by atoms with van der Waals surface area (Å²) in [6.07, 6.45) is 0.590. The van der Waals surface area contributed by atoms with Crippen molar-refractivity contribution in [1.29, 1.82) is 0 Å². The monoisotopic (exact) mass is 205 g/mol. The van der Waals surface area contributed by atoms with E-state index in [1.54, 1.807) is 12.1 Å². The average Bonchev–Trinajstić information content (AvgIpc) is 2.55. The lowest BCUT2D eigenvalue weighted by molar-refractivity contribution is 0.110. The molecule has 5 heteroatoms. The molecule has 0 aliphatic rings. The zero-order chi connectivity index (χ0) is 11.0. The number of carbonyl (C=O) groups excluding carboxylic acids is 1. The van der Waals surface area contributed by atoms with Crippen molar-refractivity contribution >= 4 is 28.9 Å². The molecule has 78 valence electrons. The van der Waals surface area contributed by atoms with Crippen LogP contribution in [-0.2, 0) is 0 Å². The van der Waals surface area contributed by atoms with E-state index in [1.165, 1.54) is 0 Å². The first-order valence-corrected chi connectivity index (χ1v) is 4.45. The molecule has 0 spiro atoms. The molecule has 0 saturated carbocycles. The largest absolute Gasteiger partial charge is 0.449 e. The number of pyridine rings is 1. The minimum atomic E-state index is 0.133. The second kappa shape index (κ2) is 3.27. The van der Waals surface area contributed by atoms with Crippen molar-refractivity contribution in [2.75, 3.05) is 24.7 Å². The van der Waals surface area contributed by atoms with Gasteiger partial charge in [0.15, 0.2) is 17.6 Å². The smallest absolute Gasteiger partial charge is 0.192 e. The zero-order valence-electron chi connectivity index (χ0n) is 8.52. The number of nitrogen functional groups attached to an aromatic ring is 1. The molecule has 2 rings (SSSR count). The first kappa shape index (κ1) is 9.51. The fourth-order valence-corrected chi connectivity index (χ4v) is 1.34. The van der Waals surface area contributed by atoms with Gasteiger partial charge in [-0.3, -0.25) is 4.79 Å². The molecule has 0 aliphatic heterocycles. The van der Waals surface area contributed by atoms with Gasteiger partial charge in [-0.25, -0.2) is 4.98 Å². The van der Waals surface area contributed by atoms with E-state index in [4.69, 9.17) is 10.2 Å². The number of aromatic nitrogens is 1. The van der Waals surface area contributed by atoms with Crippen LogP contribution in [0, 0.1) is 0 Å². The number of aldehydes is 1. The number of carbonyl (C=O) groups is 1. The average molecular weight is 205 g/mol. The quantitative estimate of drug-likeness (QED) is 0.748. The van der Waals surface area contributed by atoms with Crippen LogP contribution in [0.2, 0.25) is 0 Å². The lowest BCUT2D eigenvalue weighted by Gasteiger charge is -2.09. The van der Waals surface area contributed by atoms with E-state index < -0.39 is 0 Å². The second-order valence-corrected chi connectivity index (χ2v) is 3.41. The molecule has 0 unspecified atom stereocenters. The predicted molar refractivity (Wildman–Crippen MR) is 58.1 cm³/mol. The molecule has 0 fully saturated rings. The van der Waals surface area contributed by atoms with Crippen molar-refractivity contribution in [3.63, 3.8) is 0 Å². The number of rotatable bonds is 2. The van der Waals surface area contributed by atoms with Crippen LogP contribution >= 0.6 is 0 Å². The normalized spacial score (nSPS) is 10.5. The van der Waals surface area contributed by atoms with Gasteiger partial charge in [0.25, 0.3) is 0 Å². The maximum absolute atomic E-state index is 10.6. The van der Waals surface area contributed by atoms with Crippen LogP contribution in [0.25, 0.3) is 11.1 Å². The van der Waals surface area contributed by atoms with Gasteiger partial charge in [0.2, 0.25) is 0 Å². The van der Waals surface area contributed by atoms with E-state index in [0.29, 0.717) is 23.1 Å². The van der Waals surface area contributed by atoms with Crippen LogP contribution in [0.3, 0.4) is 0 Å². The Balaban J connectivity index is 2.70. The molecule has 15 heavy (non-hydrogen) atoms. The summed E-state index contributed by atoms with van der Waals surface area (Å²) in [6.45, 7) is 0. The van der Waals surface area contributed by atoms with Crippen molar-refractivity contribution in [3.05, 3.63) is 17.9 Å². The van der Waals surface area contributed by atoms with Crippen molar-refractivity contribution in [2.24, 2.45) is 0 Å². The van der Waals surface area contributed by atoms with Crippen molar-refractivity contribution in [1.82, 2.24) is 4.98 Å². The fourth-order valence-electron chi connectivity index (χ4n) is 1.34. The third-order valence-corrected chi connectivity index (χ3v) is 2.15. The Kier molecular flexibility index (Phi) is 2.07. The zero-order valence-corrected chi connectivity index (χ0v) is 8.52. The van der Waals surface area contributed by atoms with E-state index in [2.05, 4.69) is 4.98 Å². The number of nitrogens with zero attached hydrogens (tertiary/aromatic N) is 2. The molecule has 2 heterocycles. The van der Waals surface area contributed by atoms with Crippen LogP contribution in [0.1, 0.15) is 10.6 Å². The van der Waals surface area contributed by atoms with E-state index >= 15 is 0 Å². The summed E-state index contributed by atoms with van der Waals surface area (Å²) in [6, 6.07) is 3.56. The minimum absolute atomic E-state index is 0.133. The molecule has 2 aromatic heterocycles. The maximum atomic E-state index is 10.6. The predicted octanol–water partition coefficient (Wildman–Crippen LogP) is 1.29. The van der Waals surface area contributed by atoms with E-state index in [-0.39, 0.29) is 5.76 Å². The van der Waals surface area contributed by atoms with E-state index in [0.717, 1.165) is 5.82 Å². The van der Waals surface area contributed by atoms with Gasteiger partial charge in [0.05, 0.1) is 0 Å². The van der Waals surface area contributed by atoms with Gasteiger partial charge in [0, 0.05) is 14.1 Å². The number of fused-ring (bicyclic) bond motifs is 1. The lowest BCUT2D eigenvalue weighted by Crippen LogP contribution is -2.10. The van der Waals surface area contributed by atoms with E-state index in [1.807, 2.05) is 19.0 Å². The molecule has 0 bridgehead atoms. The first-order valence-electron chi connectivity index (χ1n) is 4.45. The Bertz CT molecular complexity index is 517. The lowest BCUT2D eigenvalue weighted by atomic mass is 10.3. The van der Waals surface area contributed by atoms with Gasteiger partial charge in [-0.2, -0.15) is 0 Å². The number of nitrogens with two attached hydrogens (primary N) is 1. The summed E-state index contributed by atoms with van der Waals surface area (Å²) in [4.78, 5) is 16.7. The Morgan fingerprint density at radius 3 is 2.80 bits per heavy atom. The van der Waals surface area contributed by atoms with Crippen LogP contribution < -0.4 is 10.6 Å². The Hall–Kier alpha value is -2.04. The van der Waals surface area contributed by atoms with Crippen LogP contribution in [-0.4, -0.2) is 25.4 Å². The second-order valence-electron chi connectivity index (χ2n) is 3.41. The van der Waals surface area contributed by atoms with E-state index in [9.17, 15) is 4.79 Å². The van der Waals surface area contributed by atoms with Crippen molar-refractivity contribution in [3.8, 4) is 0 Å². The molecule has 0 aliphatic carbocycles. The van der Waals surface area contributed by atoms with Crippen LogP contribution in [0.15, 0.2) is 16.5 Å². The highest BCUT2D eigenvalue weighted by Crippen LogP contribution is 2.27. The summed E-state index contributed by atoms with van der Waals surface area (Å²) in [5.74, 6) is 0.904. The van der Waals surface area contributed by atoms with Gasteiger partial charge in [-0.05, 0) is 12.1 Å². The molecule has 0 saturated heterocycles. The topological polar surface area (TPSA) is 72.4 Å². The number of hydrogen-bond donors (Lipinski definition) is 1. The van der Waals surface area contributed by atoms with Gasteiger partial charge in [-0.15, -0.1) is 0 Å². The molecular formula is C10H11N3O2. The Labute approximate surface area is 86.5 Å². The Morgan fingerprint density at radius 2 is 2.20 bits per heavy atom. The van der Waals surface area contributed by atoms with Crippen LogP contribution in [0.5, 0.6) is 0 Å². The number of hydrogen-bond acceptors (Lipinski definition) is 5. The van der Waals surface area contributed by atoms with Gasteiger partial charge in [-0.1, -0.05) is 0 Å². The summed E-state index contributed by atoms with van der Waals surface area (Å²) in [5, 5.41) is 0. The molecule has 2 N–H and O–H groups in total. The summed E-state index contributed by atoms with van der Waals surface area (Å²) < 4.78 is 5.21. The number of anilines is 2. The summed E-state index contributed by atoms with van der Waals surface area (Å²) >= 11 is 0. The molecule has 0 radical (unpaired) electrons. The number of furan rings is 1. The third kappa shape index (κ3) is 1.41. The van der Waals surface area contributed by atoms with Crippen molar-refractivity contribution in [2.45, 2.75) is 0 Å². The fraction of sp³-hybridized carbons (Fsp3) is 0.200. The summed E-state index contributed by atoms with van der Waals surface area (Å²) in [7, 11) is 3.76. The maximum Gasteiger partial charge on any atom is 0.192 e. The highest BCUT2D eigenvalue weighted by molar-refractivity contribution is 5.96. The van der Waals surface area contributed by atoms with Crippen molar-refractivity contribution < 1.29 is 9.21 Å². The SMILES string of the molecule is CN(C)c1ccc2oc(C=O)c(N)c2n1.